The number of nitrogens with one attached hydrogen (secondary N) is 3. The van der Waals surface area contributed by atoms with E-state index in [4.69, 9.17) is 46.0 Å². The molecule has 31 nitrogen and oxygen atoms in total. The summed E-state index contributed by atoms with van der Waals surface area (Å²) in [5, 5.41) is 21.4. The highest BCUT2D eigenvalue weighted by molar-refractivity contribution is 9.11. The standard InChI is InChI=1S/C25H23Br2N5O3.C23H30N6O2.C22H27ClN6O.C21H25BrN6O2/c1-3-30-23(34)21-22(32-14-18(28-25(30)32)11-16-7-5-4-6-8-16)29-24(27)31(21)13-17-9-10-20(19(26)12-17)35-15(2)33;1-4-27-21(30)19-20(28-10-9-24-23(27)28)26-22(25-18-7-11-31-12-8-18)29(19)14-17-6-5-15(2)16(3)13-17;1-3-27-20(30)18-19(28-11-10-24-22(27)28)26-21(25-16-6-4-5-7-16)29(18)13-15-9-8-14(2)17(23)12-15;1-2-26-19(30)17-18(27-10-9-23-21(26)27)25-20(24-14-5-3-4-6-14)28(17)12-13-7-8-16(29)15(22)11-13/h4-10,12,18H,3,11,13-14H2,1-2H3;5-6,13,18H,4,7-12,14H2,1-3H3,(H,25,26);8-9,12,16H,3-7,10-11,13H2,1-2H3,(H,25,26);7-8,11,14,29H,2-6,9-10,12H2,1H3,(H,24,25)/t18-;;;/m1.../s1. The fourth-order valence-corrected chi connectivity index (χ4v) is 19.9. The van der Waals surface area contributed by atoms with Crippen LogP contribution in [0.5, 0.6) is 11.5 Å². The van der Waals surface area contributed by atoms with Crippen molar-refractivity contribution in [3.05, 3.63) is 189 Å². The van der Waals surface area contributed by atoms with Crippen LogP contribution in [0, 0.1) is 20.8 Å². The maximum Gasteiger partial charge on any atom is 0.308 e. The third-order valence-corrected chi connectivity index (χ3v) is 27.1. The van der Waals surface area contributed by atoms with Crippen LogP contribution in [-0.2, 0) is 42.1 Å². The zero-order valence-electron chi connectivity index (χ0n) is 72.2. The molecule has 5 aromatic carbocycles. The van der Waals surface area contributed by atoms with Crippen molar-refractivity contribution in [1.82, 2.24) is 57.8 Å². The molecule has 1 atom stereocenters. The van der Waals surface area contributed by atoms with Gasteiger partial charge in [0.15, 0.2) is 50.8 Å². The number of phenolic OH excluding ortho intramolecular Hbond substituents is 1. The summed E-state index contributed by atoms with van der Waals surface area (Å²) in [4.78, 5) is 119. The molecule has 35 heteroatoms. The number of halogens is 4. The van der Waals surface area contributed by atoms with Gasteiger partial charge in [-0.15, -0.1) is 0 Å². The van der Waals surface area contributed by atoms with Gasteiger partial charge in [-0.2, -0.15) is 15.0 Å². The number of hydrogen-bond acceptors (Lipinski definition) is 23. The minimum Gasteiger partial charge on any atom is -0.507 e. The van der Waals surface area contributed by atoms with Crippen molar-refractivity contribution >= 4 is 154 Å². The highest BCUT2D eigenvalue weighted by Crippen LogP contribution is 2.42. The Morgan fingerprint density at radius 2 is 0.889 bits per heavy atom. The van der Waals surface area contributed by atoms with Crippen LogP contribution in [0.25, 0.3) is 0 Å². The summed E-state index contributed by atoms with van der Waals surface area (Å²) in [5.41, 5.74) is 11.3. The van der Waals surface area contributed by atoms with Crippen molar-refractivity contribution in [2.24, 2.45) is 20.0 Å². The lowest BCUT2D eigenvalue weighted by atomic mass is 10.1. The summed E-state index contributed by atoms with van der Waals surface area (Å²) in [6.45, 7) is 26.2. The molecule has 20 rings (SSSR count). The first kappa shape index (κ1) is 87.1. The first-order valence-electron chi connectivity index (χ1n) is 43.9. The summed E-state index contributed by atoms with van der Waals surface area (Å²) < 4.78 is 20.5. The van der Waals surface area contributed by atoms with E-state index in [1.54, 1.807) is 31.7 Å². The van der Waals surface area contributed by atoms with E-state index in [1.165, 1.54) is 49.3 Å². The maximum atomic E-state index is 13.6. The highest BCUT2D eigenvalue weighted by Gasteiger charge is 2.47. The van der Waals surface area contributed by atoms with E-state index in [0.717, 1.165) is 152 Å². The van der Waals surface area contributed by atoms with Crippen molar-refractivity contribution in [3.8, 4) is 11.5 Å². The number of aromatic nitrogens is 8. The SMILES string of the molecule is CCN1C(=O)c2c(nc(Br)n2Cc2ccc(OC(C)=O)c(Br)c2)N2C[C@@H](Cc3ccccc3)N=C12.CCN1C(=O)c2c(nc(NC3CCCC3)n2Cc2ccc(C)c(Cl)c2)N2CCN=C12.CCN1C(=O)c2c(nc(NC3CCCC3)n2Cc2ccc(O)c(Br)c2)N2CCN=C12.CCN1C(=O)c2c(nc(NC3CCOCC3)n2Cc2ccc(C)c(C)c2)N2CCN=C12. The van der Waals surface area contributed by atoms with Gasteiger partial charge in [0.1, 0.15) is 11.5 Å². The molecule has 13 heterocycles. The summed E-state index contributed by atoms with van der Waals surface area (Å²) in [6.07, 6.45) is 12.1. The number of carbonyl (C=O) groups is 5. The number of hydrogen-bond donors (Lipinski definition) is 4. The van der Waals surface area contributed by atoms with E-state index < -0.39 is 0 Å². The smallest absolute Gasteiger partial charge is 0.308 e. The first-order chi connectivity index (χ1) is 61.0. The number of benzene rings is 5. The van der Waals surface area contributed by atoms with Crippen LogP contribution in [0.1, 0.15) is 185 Å². The van der Waals surface area contributed by atoms with Crippen molar-refractivity contribution in [2.45, 2.75) is 176 Å². The minimum atomic E-state index is -0.385. The molecule has 0 bridgehead atoms. The van der Waals surface area contributed by atoms with Crippen LogP contribution in [0.15, 0.2) is 137 Å². The number of aryl methyl sites for hydroxylation is 3. The Balaban J connectivity index is 0.000000119. The zero-order valence-corrected chi connectivity index (χ0v) is 77.7. The van der Waals surface area contributed by atoms with Gasteiger partial charge in [0.05, 0.1) is 67.3 Å². The number of anilines is 7. The molecule has 0 radical (unpaired) electrons. The summed E-state index contributed by atoms with van der Waals surface area (Å²) in [6, 6.07) is 34.8. The molecule has 4 aromatic heterocycles. The second-order valence-corrected chi connectivity index (χ2v) is 36.1. The van der Waals surface area contributed by atoms with Crippen molar-refractivity contribution in [1.29, 1.82) is 0 Å². The van der Waals surface area contributed by atoms with E-state index in [9.17, 15) is 29.1 Å². The Morgan fingerprint density at radius 1 is 0.476 bits per heavy atom. The van der Waals surface area contributed by atoms with Gasteiger partial charge in [0, 0.05) is 89.1 Å². The normalized spacial score (nSPS) is 18.1. The third kappa shape index (κ3) is 17.5. The molecule has 1 saturated heterocycles. The molecule has 2 saturated carbocycles. The Bertz CT molecular complexity index is 5660. The molecule has 660 valence electrons. The second kappa shape index (κ2) is 37.5. The van der Waals surface area contributed by atoms with Gasteiger partial charge < -0.3 is 35.1 Å². The van der Waals surface area contributed by atoms with Gasteiger partial charge in [-0.1, -0.05) is 110 Å². The third-order valence-electron chi connectivity index (χ3n) is 24.9. The first-order valence-corrected chi connectivity index (χ1v) is 46.6. The number of rotatable bonds is 21. The van der Waals surface area contributed by atoms with Crippen molar-refractivity contribution in [2.75, 3.05) is 121 Å². The molecule has 0 unspecified atom stereocenters. The van der Waals surface area contributed by atoms with E-state index in [1.807, 2.05) is 103 Å². The van der Waals surface area contributed by atoms with Crippen LogP contribution in [-0.4, -0.2) is 226 Å². The second-order valence-electron chi connectivity index (χ2n) is 33.2. The number of nitrogens with zero attached hydrogens (tertiary/aromatic N) is 20. The van der Waals surface area contributed by atoms with Gasteiger partial charge in [-0.25, -0.2) is 9.98 Å². The monoisotopic (exact) mass is 1920 g/mol. The van der Waals surface area contributed by atoms with Gasteiger partial charge >= 0.3 is 5.97 Å². The lowest BCUT2D eigenvalue weighted by Crippen LogP contribution is -2.50. The fourth-order valence-electron chi connectivity index (χ4n) is 18.3. The molecule has 0 spiro atoms. The largest absolute Gasteiger partial charge is 0.507 e. The molecule has 2 aliphatic carbocycles. The average molecular weight is 1920 g/mol. The van der Waals surface area contributed by atoms with Gasteiger partial charge in [0.25, 0.3) is 23.6 Å². The number of amides is 4. The van der Waals surface area contributed by atoms with Crippen LogP contribution in [0.4, 0.5) is 41.1 Å². The van der Waals surface area contributed by atoms with Crippen LogP contribution in [0.3, 0.4) is 0 Å². The molecule has 4 amide bonds. The summed E-state index contributed by atoms with van der Waals surface area (Å²) >= 11 is 16.8. The number of aromatic hydroxyl groups is 1. The average Bonchev–Trinajstić information content (AvgIpc) is 1.59. The Morgan fingerprint density at radius 3 is 1.34 bits per heavy atom. The predicted octanol–water partition coefficient (Wildman–Crippen LogP) is 14.7. The molecule has 11 aliphatic rings. The topological polar surface area (TPSA) is 307 Å². The number of phenols is 1. The molecule has 3 fully saturated rings. The lowest BCUT2D eigenvalue weighted by molar-refractivity contribution is -0.131. The number of fused-ring (bicyclic) bond motifs is 12. The van der Waals surface area contributed by atoms with Gasteiger partial charge in [-0.05, 0) is 216 Å². The molecular formula is C91H105Br3ClN23O8. The van der Waals surface area contributed by atoms with E-state index in [0.29, 0.717) is 162 Å². The molecule has 126 heavy (non-hydrogen) atoms. The van der Waals surface area contributed by atoms with Crippen LogP contribution < -0.4 is 40.3 Å². The van der Waals surface area contributed by atoms with Gasteiger partial charge in [0.2, 0.25) is 41.7 Å². The Labute approximate surface area is 762 Å². The predicted molar refractivity (Wildman–Crippen MR) is 500 cm³/mol. The highest BCUT2D eigenvalue weighted by atomic mass is 79.9. The van der Waals surface area contributed by atoms with Crippen LogP contribution in [0.2, 0.25) is 5.02 Å². The quantitative estimate of drug-likeness (QED) is 0.0384. The summed E-state index contributed by atoms with van der Waals surface area (Å²) in [7, 11) is 0. The molecule has 9 aromatic rings. The number of aliphatic imine (C=N–C) groups is 4. The molecule has 4 N–H and O–H groups in total. The van der Waals surface area contributed by atoms with Crippen LogP contribution >= 0.6 is 59.4 Å². The van der Waals surface area contributed by atoms with Crippen molar-refractivity contribution in [3.63, 3.8) is 0 Å². The molecular weight excluding hydrogens is 1820 g/mol. The zero-order chi connectivity index (χ0) is 87.9. The van der Waals surface area contributed by atoms with Crippen molar-refractivity contribution < 1.29 is 38.6 Å². The number of guanidine groups is 4. The molecule has 9 aliphatic heterocycles. The number of imidazole rings is 4. The lowest BCUT2D eigenvalue weighted by Gasteiger charge is -2.33. The number of esters is 1. The maximum absolute atomic E-state index is 13.6. The van der Waals surface area contributed by atoms with E-state index >= 15 is 0 Å². The van der Waals surface area contributed by atoms with E-state index in [2.05, 4.69) is 153 Å². The summed E-state index contributed by atoms with van der Waals surface area (Å²) in [5.74, 6) is 7.87. The Kier molecular flexibility index (Phi) is 26.0. The van der Waals surface area contributed by atoms with E-state index in [-0.39, 0.29) is 41.4 Å². The fraction of sp³-hybridized carbons (Fsp3) is 0.440. The number of carbonyl (C=O) groups excluding carboxylic acids is 5. The Hall–Kier alpha value is -10.9. The van der Waals surface area contributed by atoms with Gasteiger partial charge in [-0.3, -0.25) is 91.9 Å². The minimum absolute atomic E-state index is 0.0224. The number of ether oxygens (including phenoxy) is 2.